The SMILES string of the molecule is CCOc1ccccc1NC(=O)Cc1csc(NC(=O)c2ccc(OC)cc2)n1. The summed E-state index contributed by atoms with van der Waals surface area (Å²) in [5.74, 6) is 0.809. The number of amides is 2. The number of thiazole rings is 1. The predicted molar refractivity (Wildman–Crippen MR) is 113 cm³/mol. The Balaban J connectivity index is 1.58. The van der Waals surface area contributed by atoms with Crippen molar-refractivity contribution in [2.45, 2.75) is 13.3 Å². The van der Waals surface area contributed by atoms with Gasteiger partial charge >= 0.3 is 0 Å². The summed E-state index contributed by atoms with van der Waals surface area (Å²) in [4.78, 5) is 29.0. The van der Waals surface area contributed by atoms with E-state index in [-0.39, 0.29) is 18.2 Å². The van der Waals surface area contributed by atoms with E-state index in [0.717, 1.165) is 0 Å². The van der Waals surface area contributed by atoms with Gasteiger partial charge in [0, 0.05) is 10.9 Å². The van der Waals surface area contributed by atoms with Crippen molar-refractivity contribution in [2.75, 3.05) is 24.4 Å². The monoisotopic (exact) mass is 411 g/mol. The molecule has 150 valence electrons. The lowest BCUT2D eigenvalue weighted by atomic mass is 10.2. The van der Waals surface area contributed by atoms with Gasteiger partial charge in [-0.1, -0.05) is 12.1 Å². The Labute approximate surface area is 172 Å². The first-order valence-corrected chi connectivity index (χ1v) is 9.88. The third-order valence-corrected chi connectivity index (χ3v) is 4.73. The molecule has 7 nitrogen and oxygen atoms in total. The maximum atomic E-state index is 12.4. The Morgan fingerprint density at radius 3 is 2.55 bits per heavy atom. The Hall–Kier alpha value is -3.39. The number of carbonyl (C=O) groups is 2. The van der Waals surface area contributed by atoms with Gasteiger partial charge in [-0.25, -0.2) is 4.98 Å². The summed E-state index contributed by atoms with van der Waals surface area (Å²) in [6.45, 7) is 2.39. The number of rotatable bonds is 8. The first kappa shape index (κ1) is 20.3. The molecule has 0 aliphatic heterocycles. The number of anilines is 2. The van der Waals surface area contributed by atoms with E-state index in [2.05, 4.69) is 15.6 Å². The third-order valence-electron chi connectivity index (χ3n) is 3.93. The van der Waals surface area contributed by atoms with Crippen molar-refractivity contribution in [3.8, 4) is 11.5 Å². The predicted octanol–water partition coefficient (Wildman–Crippen LogP) is 3.98. The van der Waals surface area contributed by atoms with Crippen LogP contribution in [0, 0.1) is 0 Å². The van der Waals surface area contributed by atoms with Gasteiger partial charge in [0.2, 0.25) is 5.91 Å². The summed E-state index contributed by atoms with van der Waals surface area (Å²) >= 11 is 1.27. The van der Waals surface area contributed by atoms with E-state index in [1.54, 1.807) is 48.9 Å². The minimum atomic E-state index is -0.274. The molecular formula is C21H21N3O4S. The van der Waals surface area contributed by atoms with Gasteiger partial charge in [0.15, 0.2) is 5.13 Å². The highest BCUT2D eigenvalue weighted by atomic mass is 32.1. The molecule has 0 radical (unpaired) electrons. The van der Waals surface area contributed by atoms with Crippen LogP contribution in [0.4, 0.5) is 10.8 Å². The minimum absolute atomic E-state index is 0.0926. The van der Waals surface area contributed by atoms with E-state index < -0.39 is 0 Å². The van der Waals surface area contributed by atoms with Crippen molar-refractivity contribution in [3.05, 3.63) is 65.2 Å². The van der Waals surface area contributed by atoms with E-state index in [1.165, 1.54) is 11.3 Å². The van der Waals surface area contributed by atoms with Crippen LogP contribution in [0.15, 0.2) is 53.9 Å². The topological polar surface area (TPSA) is 89.6 Å². The van der Waals surface area contributed by atoms with Gasteiger partial charge in [-0.15, -0.1) is 11.3 Å². The molecule has 0 saturated carbocycles. The van der Waals surface area contributed by atoms with E-state index in [4.69, 9.17) is 9.47 Å². The normalized spacial score (nSPS) is 10.3. The Bertz CT molecular complexity index is 986. The van der Waals surface area contributed by atoms with Gasteiger partial charge < -0.3 is 14.8 Å². The maximum absolute atomic E-state index is 12.4. The second kappa shape index (κ2) is 9.70. The van der Waals surface area contributed by atoms with Crippen LogP contribution in [0.3, 0.4) is 0 Å². The number of nitrogens with one attached hydrogen (secondary N) is 2. The lowest BCUT2D eigenvalue weighted by Crippen LogP contribution is -2.16. The highest BCUT2D eigenvalue weighted by Crippen LogP contribution is 2.24. The quantitative estimate of drug-likeness (QED) is 0.585. The molecule has 0 bridgehead atoms. The van der Waals surface area contributed by atoms with E-state index in [9.17, 15) is 9.59 Å². The number of aromatic nitrogens is 1. The Kier molecular flexibility index (Phi) is 6.80. The third kappa shape index (κ3) is 5.55. The van der Waals surface area contributed by atoms with Crippen LogP contribution in [0.5, 0.6) is 11.5 Å². The summed E-state index contributed by atoms with van der Waals surface area (Å²) in [7, 11) is 1.57. The summed E-state index contributed by atoms with van der Waals surface area (Å²) in [5, 5.41) is 7.75. The van der Waals surface area contributed by atoms with Gasteiger partial charge in [-0.2, -0.15) is 0 Å². The number of nitrogens with zero attached hydrogens (tertiary/aromatic N) is 1. The second-order valence-electron chi connectivity index (χ2n) is 5.98. The molecule has 0 aliphatic carbocycles. The van der Waals surface area contributed by atoms with Crippen LogP contribution in [0.1, 0.15) is 23.0 Å². The highest BCUT2D eigenvalue weighted by molar-refractivity contribution is 7.14. The van der Waals surface area contributed by atoms with Gasteiger partial charge in [0.05, 0.1) is 31.5 Å². The van der Waals surface area contributed by atoms with E-state index in [1.807, 2.05) is 19.1 Å². The number of ether oxygens (including phenoxy) is 2. The molecule has 2 amide bonds. The summed E-state index contributed by atoms with van der Waals surface area (Å²) < 4.78 is 10.6. The smallest absolute Gasteiger partial charge is 0.257 e. The molecule has 1 aromatic heterocycles. The van der Waals surface area contributed by atoms with Crippen molar-refractivity contribution in [1.29, 1.82) is 0 Å². The number of methoxy groups -OCH3 is 1. The first-order valence-electron chi connectivity index (χ1n) is 9.00. The van der Waals surface area contributed by atoms with Crippen LogP contribution in [-0.4, -0.2) is 30.5 Å². The van der Waals surface area contributed by atoms with Crippen LogP contribution in [-0.2, 0) is 11.2 Å². The molecule has 0 fully saturated rings. The number of benzene rings is 2. The van der Waals surface area contributed by atoms with Gasteiger partial charge in [0.25, 0.3) is 5.91 Å². The lowest BCUT2D eigenvalue weighted by Gasteiger charge is -2.10. The number of hydrogen-bond acceptors (Lipinski definition) is 6. The molecule has 0 spiro atoms. The molecule has 1 heterocycles. The summed E-state index contributed by atoms with van der Waals surface area (Å²) in [6, 6.07) is 14.0. The zero-order chi connectivity index (χ0) is 20.6. The van der Waals surface area contributed by atoms with Crippen LogP contribution in [0.2, 0.25) is 0 Å². The Morgan fingerprint density at radius 2 is 1.83 bits per heavy atom. The highest BCUT2D eigenvalue weighted by Gasteiger charge is 2.13. The standard InChI is InChI=1S/C21H21N3O4S/c1-3-28-18-7-5-4-6-17(18)23-19(25)12-15-13-29-21(22-15)24-20(26)14-8-10-16(27-2)11-9-14/h4-11,13H,3,12H2,1-2H3,(H,23,25)(H,22,24,26). The van der Waals surface area contributed by atoms with E-state index >= 15 is 0 Å². The van der Waals surface area contributed by atoms with Crippen molar-refractivity contribution < 1.29 is 19.1 Å². The van der Waals surface area contributed by atoms with Crippen molar-refractivity contribution >= 4 is 34.0 Å². The molecular weight excluding hydrogens is 390 g/mol. The summed E-state index contributed by atoms with van der Waals surface area (Å²) in [6.07, 6.45) is 0.0926. The Morgan fingerprint density at radius 1 is 1.07 bits per heavy atom. The van der Waals surface area contributed by atoms with Gasteiger partial charge in [-0.05, 0) is 43.3 Å². The van der Waals surface area contributed by atoms with E-state index in [0.29, 0.717) is 40.2 Å². The molecule has 29 heavy (non-hydrogen) atoms. The van der Waals surface area contributed by atoms with Crippen LogP contribution in [0.25, 0.3) is 0 Å². The van der Waals surface area contributed by atoms with Crippen LogP contribution >= 0.6 is 11.3 Å². The molecule has 0 saturated heterocycles. The zero-order valence-corrected chi connectivity index (χ0v) is 16.9. The second-order valence-corrected chi connectivity index (χ2v) is 6.84. The van der Waals surface area contributed by atoms with Crippen molar-refractivity contribution in [2.24, 2.45) is 0 Å². The lowest BCUT2D eigenvalue weighted by molar-refractivity contribution is -0.115. The first-order chi connectivity index (χ1) is 14.1. The fourth-order valence-corrected chi connectivity index (χ4v) is 3.27. The number of para-hydroxylation sites is 2. The fraction of sp³-hybridized carbons (Fsp3) is 0.190. The molecule has 2 aromatic carbocycles. The average molecular weight is 411 g/mol. The maximum Gasteiger partial charge on any atom is 0.257 e. The molecule has 0 unspecified atom stereocenters. The zero-order valence-electron chi connectivity index (χ0n) is 16.1. The largest absolute Gasteiger partial charge is 0.497 e. The van der Waals surface area contributed by atoms with Crippen LogP contribution < -0.4 is 20.1 Å². The molecule has 8 heteroatoms. The molecule has 2 N–H and O–H groups in total. The molecule has 3 rings (SSSR count). The summed E-state index contributed by atoms with van der Waals surface area (Å²) in [5.41, 5.74) is 1.68. The van der Waals surface area contributed by atoms with Gasteiger partial charge in [-0.3, -0.25) is 14.9 Å². The number of carbonyl (C=O) groups excluding carboxylic acids is 2. The average Bonchev–Trinajstić information content (AvgIpc) is 3.16. The molecule has 0 aliphatic rings. The van der Waals surface area contributed by atoms with Gasteiger partial charge in [0.1, 0.15) is 11.5 Å². The van der Waals surface area contributed by atoms with Crippen molar-refractivity contribution in [3.63, 3.8) is 0 Å². The molecule has 0 atom stereocenters. The number of hydrogen-bond donors (Lipinski definition) is 2. The van der Waals surface area contributed by atoms with Crippen molar-refractivity contribution in [1.82, 2.24) is 4.98 Å². The minimum Gasteiger partial charge on any atom is -0.497 e. The fourth-order valence-electron chi connectivity index (χ4n) is 2.57. The molecule has 3 aromatic rings.